The van der Waals surface area contributed by atoms with E-state index in [4.69, 9.17) is 28.3 Å². The van der Waals surface area contributed by atoms with E-state index in [2.05, 4.69) is 11.4 Å². The number of anilines is 2. The second-order valence-electron chi connectivity index (χ2n) is 9.27. The summed E-state index contributed by atoms with van der Waals surface area (Å²) in [6.07, 6.45) is 4.80. The normalized spacial score (nSPS) is 13.8. The van der Waals surface area contributed by atoms with Crippen LogP contribution in [0.5, 0.6) is 0 Å². The number of aromatic carboxylic acids is 1. The zero-order valence-corrected chi connectivity index (χ0v) is 22.6. The van der Waals surface area contributed by atoms with E-state index in [9.17, 15) is 19.6 Å². The van der Waals surface area contributed by atoms with Gasteiger partial charge in [-0.05, 0) is 72.2 Å². The van der Waals surface area contributed by atoms with Crippen LogP contribution in [-0.4, -0.2) is 40.4 Å². The summed E-state index contributed by atoms with van der Waals surface area (Å²) in [7, 11) is 0. The Morgan fingerprint density at radius 3 is 2.59 bits per heavy atom. The second kappa shape index (κ2) is 12.8. The molecule has 1 aliphatic rings. The third-order valence-electron chi connectivity index (χ3n) is 6.60. The molecule has 208 valence electrons. The van der Waals surface area contributed by atoms with Crippen LogP contribution >= 0.6 is 11.6 Å². The number of hydrogen-bond acceptors (Lipinski definition) is 7. The van der Waals surface area contributed by atoms with Crippen molar-refractivity contribution in [3.05, 3.63) is 112 Å². The number of halogens is 1. The lowest BCUT2D eigenvalue weighted by molar-refractivity contribution is -0.135. The summed E-state index contributed by atoms with van der Waals surface area (Å²) in [6, 6.07) is 18.9. The molecule has 1 atom stereocenters. The zero-order chi connectivity index (χ0) is 29.5. The van der Waals surface area contributed by atoms with Gasteiger partial charge in [-0.1, -0.05) is 23.7 Å². The van der Waals surface area contributed by atoms with Crippen molar-refractivity contribution in [1.29, 1.82) is 5.26 Å². The highest BCUT2D eigenvalue weighted by molar-refractivity contribution is 6.31. The number of nitrogens with one attached hydrogen (secondary N) is 1. The van der Waals surface area contributed by atoms with Gasteiger partial charge in [-0.25, -0.2) is 10.6 Å². The third-order valence-corrected chi connectivity index (χ3v) is 6.83. The zero-order valence-electron chi connectivity index (χ0n) is 21.8. The molecular weight excluding hydrogens is 544 g/mol. The molecule has 0 aromatic heterocycles. The van der Waals surface area contributed by atoms with E-state index >= 15 is 0 Å². The Morgan fingerprint density at radius 1 is 1.17 bits per heavy atom. The highest BCUT2D eigenvalue weighted by atomic mass is 35.5. The van der Waals surface area contributed by atoms with Crippen LogP contribution in [0.15, 0.2) is 85.2 Å². The van der Waals surface area contributed by atoms with Crippen molar-refractivity contribution >= 4 is 46.3 Å². The van der Waals surface area contributed by atoms with Crippen molar-refractivity contribution in [3.63, 3.8) is 0 Å². The van der Waals surface area contributed by atoms with Gasteiger partial charge < -0.3 is 21.1 Å². The third kappa shape index (κ3) is 6.91. The van der Waals surface area contributed by atoms with Gasteiger partial charge in [0.1, 0.15) is 6.04 Å². The predicted octanol–water partition coefficient (Wildman–Crippen LogP) is 3.89. The van der Waals surface area contributed by atoms with E-state index in [0.717, 1.165) is 0 Å². The monoisotopic (exact) mass is 570 g/mol. The molecule has 2 amide bonds. The van der Waals surface area contributed by atoms with Gasteiger partial charge in [-0.2, -0.15) is 5.26 Å². The first-order chi connectivity index (χ1) is 19.7. The van der Waals surface area contributed by atoms with Crippen LogP contribution in [-0.2, 0) is 16.0 Å². The lowest BCUT2D eigenvalue weighted by Gasteiger charge is -2.34. The molecule has 11 heteroatoms. The molecule has 6 N–H and O–H groups in total. The molecule has 10 nitrogen and oxygen atoms in total. The smallest absolute Gasteiger partial charge is 0.335 e. The molecule has 3 aromatic rings. The number of carbonyl (C=O) groups excluding carboxylic acids is 2. The Balaban J connectivity index is 1.65. The number of benzene rings is 3. The molecule has 0 radical (unpaired) electrons. The fourth-order valence-electron chi connectivity index (χ4n) is 4.60. The van der Waals surface area contributed by atoms with Gasteiger partial charge in [0.25, 0.3) is 0 Å². The summed E-state index contributed by atoms with van der Waals surface area (Å²) in [5.41, 5.74) is 9.05. The number of carboxylic acids is 1. The van der Waals surface area contributed by atoms with Gasteiger partial charge >= 0.3 is 5.97 Å². The van der Waals surface area contributed by atoms with Crippen LogP contribution in [0.1, 0.15) is 33.5 Å². The fourth-order valence-corrected chi connectivity index (χ4v) is 4.77. The highest BCUT2D eigenvalue weighted by Crippen LogP contribution is 2.33. The van der Waals surface area contributed by atoms with E-state index in [1.165, 1.54) is 52.7 Å². The van der Waals surface area contributed by atoms with Gasteiger partial charge in [0.05, 0.1) is 22.9 Å². The Morgan fingerprint density at radius 2 is 1.93 bits per heavy atom. The molecule has 41 heavy (non-hydrogen) atoms. The maximum Gasteiger partial charge on any atom is 0.335 e. The molecule has 1 unspecified atom stereocenters. The van der Waals surface area contributed by atoms with E-state index in [0.29, 0.717) is 45.1 Å². The topological polar surface area (TPSA) is 166 Å². The van der Waals surface area contributed by atoms with Crippen LogP contribution in [0.4, 0.5) is 11.4 Å². The summed E-state index contributed by atoms with van der Waals surface area (Å²) in [5.74, 6) is 4.20. The van der Waals surface area contributed by atoms with Gasteiger partial charge in [0.15, 0.2) is 0 Å². The lowest BCUT2D eigenvalue weighted by Crippen LogP contribution is -2.49. The lowest BCUT2D eigenvalue weighted by atomic mass is 9.94. The van der Waals surface area contributed by atoms with Gasteiger partial charge in [0.2, 0.25) is 11.8 Å². The summed E-state index contributed by atoms with van der Waals surface area (Å²) in [4.78, 5) is 39.8. The fraction of sp³-hybridized carbons (Fsp3) is 0.133. The Bertz CT molecular complexity index is 1580. The maximum absolute atomic E-state index is 13.6. The SMILES string of the molecule is N#Cc1cccc(CC(C(=O)Nc2ccc(C(=O)O)cc2)N2CCC(c3cc(Cl)ccc3N(N)/C=C\N)=CC2=O)c1. The minimum Gasteiger partial charge on any atom is -0.478 e. The van der Waals surface area contributed by atoms with E-state index in [1.807, 2.05) is 0 Å². The summed E-state index contributed by atoms with van der Waals surface area (Å²) in [5, 5.41) is 23.1. The number of amides is 2. The molecule has 1 aliphatic heterocycles. The average Bonchev–Trinajstić information content (AvgIpc) is 2.96. The number of carboxylic acid groups (broad SMARTS) is 1. The van der Waals surface area contributed by atoms with E-state index in [-0.39, 0.29) is 24.4 Å². The van der Waals surface area contributed by atoms with Crippen LogP contribution in [0.3, 0.4) is 0 Å². The minimum absolute atomic E-state index is 0.0788. The van der Waals surface area contributed by atoms with Gasteiger partial charge in [-0.3, -0.25) is 14.6 Å². The van der Waals surface area contributed by atoms with Gasteiger partial charge in [0, 0.05) is 47.7 Å². The van der Waals surface area contributed by atoms with E-state index < -0.39 is 17.9 Å². The van der Waals surface area contributed by atoms with Crippen molar-refractivity contribution in [2.75, 3.05) is 16.9 Å². The number of rotatable bonds is 9. The Labute approximate surface area is 241 Å². The summed E-state index contributed by atoms with van der Waals surface area (Å²) in [6.45, 7) is 0.224. The van der Waals surface area contributed by atoms with Crippen LogP contribution < -0.4 is 21.9 Å². The molecule has 0 spiro atoms. The van der Waals surface area contributed by atoms with Crippen LogP contribution in [0.2, 0.25) is 5.02 Å². The molecule has 0 bridgehead atoms. The van der Waals surface area contributed by atoms with Crippen molar-refractivity contribution in [2.45, 2.75) is 18.9 Å². The maximum atomic E-state index is 13.6. The van der Waals surface area contributed by atoms with Gasteiger partial charge in [-0.15, -0.1) is 0 Å². The van der Waals surface area contributed by atoms with Crippen molar-refractivity contribution in [1.82, 2.24) is 4.90 Å². The average molecular weight is 571 g/mol. The Hall–Kier alpha value is -5.11. The number of nitrogens with zero attached hydrogens (tertiary/aromatic N) is 3. The molecule has 3 aromatic carbocycles. The molecule has 1 heterocycles. The number of hydrazine groups is 1. The first kappa shape index (κ1) is 28.9. The summed E-state index contributed by atoms with van der Waals surface area (Å²) < 4.78 is 0. The van der Waals surface area contributed by atoms with Crippen molar-refractivity contribution in [3.8, 4) is 6.07 Å². The Kier molecular flexibility index (Phi) is 9.04. The minimum atomic E-state index is -1.08. The van der Waals surface area contributed by atoms with Crippen molar-refractivity contribution < 1.29 is 19.5 Å². The van der Waals surface area contributed by atoms with Crippen molar-refractivity contribution in [2.24, 2.45) is 11.6 Å². The van der Waals surface area contributed by atoms with E-state index in [1.54, 1.807) is 42.5 Å². The molecule has 0 saturated carbocycles. The first-order valence-electron chi connectivity index (χ1n) is 12.6. The number of hydrogen-bond donors (Lipinski definition) is 4. The molecule has 0 aliphatic carbocycles. The quantitative estimate of drug-likeness (QED) is 0.222. The first-order valence-corrected chi connectivity index (χ1v) is 12.9. The predicted molar refractivity (Wildman–Crippen MR) is 156 cm³/mol. The molecular formula is C30H27ClN6O4. The van der Waals surface area contributed by atoms with Crippen LogP contribution in [0, 0.1) is 11.3 Å². The molecule has 0 fully saturated rings. The molecule has 4 rings (SSSR count). The number of carbonyl (C=O) groups is 3. The highest BCUT2D eigenvalue weighted by Gasteiger charge is 2.32. The number of nitriles is 1. The second-order valence-corrected chi connectivity index (χ2v) is 9.70. The largest absolute Gasteiger partial charge is 0.478 e. The molecule has 0 saturated heterocycles. The van der Waals surface area contributed by atoms with Crippen LogP contribution in [0.25, 0.3) is 5.57 Å². The standard InChI is InChI=1S/C30H27ClN6O4/c31-23-6-9-26(37(34)13-11-32)25(17-23)22-10-12-36(28(38)16-22)27(15-19-2-1-3-20(14-19)18-33)29(39)35-24-7-4-21(5-8-24)30(40)41/h1-9,11,13-14,16-17,27H,10,12,15,32,34H2,(H,35,39)(H,40,41)/b13-11-. The summed E-state index contributed by atoms with van der Waals surface area (Å²) >= 11 is 6.26. The number of nitrogens with two attached hydrogens (primary N) is 2.